The molecular weight excluding hydrogens is 339 g/mol. The van der Waals surface area contributed by atoms with Crippen molar-refractivity contribution >= 4 is 50.7 Å². The van der Waals surface area contributed by atoms with Gasteiger partial charge in [-0.25, -0.2) is 0 Å². The molecule has 1 N–H and O–H groups in total. The van der Waals surface area contributed by atoms with Gasteiger partial charge in [-0.3, -0.25) is 9.78 Å². The molecule has 18 heavy (non-hydrogen) atoms. The standard InChI is InChI=1S/C12H7BrCl2N2O/c13-8-4-7(5-16-6-8)12(18)17-10-3-1-2-9(14)11(10)15/h1-6H,(H,17,18). The first-order valence-corrected chi connectivity index (χ1v) is 6.49. The summed E-state index contributed by atoms with van der Waals surface area (Å²) in [5.41, 5.74) is 0.898. The van der Waals surface area contributed by atoms with Crippen LogP contribution in [-0.4, -0.2) is 10.9 Å². The van der Waals surface area contributed by atoms with Gasteiger partial charge in [0.25, 0.3) is 5.91 Å². The third kappa shape index (κ3) is 3.02. The summed E-state index contributed by atoms with van der Waals surface area (Å²) in [6.07, 6.45) is 3.07. The van der Waals surface area contributed by atoms with Gasteiger partial charge in [0, 0.05) is 16.9 Å². The van der Waals surface area contributed by atoms with Gasteiger partial charge in [0.1, 0.15) is 0 Å². The van der Waals surface area contributed by atoms with Crippen LogP contribution in [0, 0.1) is 0 Å². The lowest BCUT2D eigenvalue weighted by atomic mass is 10.2. The summed E-state index contributed by atoms with van der Waals surface area (Å²) < 4.78 is 0.729. The Balaban J connectivity index is 2.24. The van der Waals surface area contributed by atoms with Crippen LogP contribution in [0.3, 0.4) is 0 Å². The molecule has 0 saturated carbocycles. The van der Waals surface area contributed by atoms with Crippen LogP contribution < -0.4 is 5.32 Å². The minimum atomic E-state index is -0.298. The molecule has 1 heterocycles. The van der Waals surface area contributed by atoms with Crippen molar-refractivity contribution in [2.75, 3.05) is 5.32 Å². The number of pyridine rings is 1. The van der Waals surface area contributed by atoms with Crippen molar-refractivity contribution in [1.82, 2.24) is 4.98 Å². The van der Waals surface area contributed by atoms with Crippen LogP contribution in [0.25, 0.3) is 0 Å². The third-order valence-electron chi connectivity index (χ3n) is 2.17. The first-order valence-electron chi connectivity index (χ1n) is 4.94. The normalized spacial score (nSPS) is 10.2. The summed E-state index contributed by atoms with van der Waals surface area (Å²) in [4.78, 5) is 15.9. The summed E-state index contributed by atoms with van der Waals surface area (Å²) in [5, 5.41) is 3.38. The fourth-order valence-electron chi connectivity index (χ4n) is 1.33. The molecule has 1 amide bonds. The molecule has 0 fully saturated rings. The molecule has 6 heteroatoms. The Morgan fingerprint density at radius 3 is 2.78 bits per heavy atom. The number of hydrogen-bond donors (Lipinski definition) is 1. The molecule has 1 aromatic carbocycles. The van der Waals surface area contributed by atoms with Crippen LogP contribution in [0.2, 0.25) is 10.0 Å². The molecule has 2 rings (SSSR count). The molecular formula is C12H7BrCl2N2O. The Labute approximate surface area is 122 Å². The molecule has 0 unspecified atom stereocenters. The lowest BCUT2D eigenvalue weighted by molar-refractivity contribution is 0.102. The monoisotopic (exact) mass is 344 g/mol. The van der Waals surface area contributed by atoms with Crippen molar-refractivity contribution < 1.29 is 4.79 Å². The van der Waals surface area contributed by atoms with E-state index in [1.54, 1.807) is 30.5 Å². The van der Waals surface area contributed by atoms with E-state index in [0.29, 0.717) is 21.3 Å². The van der Waals surface area contributed by atoms with Gasteiger partial charge in [-0.2, -0.15) is 0 Å². The van der Waals surface area contributed by atoms with Gasteiger partial charge in [0.15, 0.2) is 0 Å². The Hall–Kier alpha value is -1.10. The van der Waals surface area contributed by atoms with E-state index in [9.17, 15) is 4.79 Å². The van der Waals surface area contributed by atoms with Crippen molar-refractivity contribution in [2.24, 2.45) is 0 Å². The van der Waals surface area contributed by atoms with E-state index in [2.05, 4.69) is 26.2 Å². The Kier molecular flexibility index (Phi) is 4.22. The average Bonchev–Trinajstić information content (AvgIpc) is 2.35. The molecule has 0 spiro atoms. The number of nitrogens with zero attached hydrogens (tertiary/aromatic N) is 1. The predicted octanol–water partition coefficient (Wildman–Crippen LogP) is 4.40. The van der Waals surface area contributed by atoms with E-state index in [4.69, 9.17) is 23.2 Å². The van der Waals surface area contributed by atoms with Gasteiger partial charge in [-0.05, 0) is 34.1 Å². The molecule has 1 aromatic heterocycles. The number of rotatable bonds is 2. The highest BCUT2D eigenvalue weighted by atomic mass is 79.9. The third-order valence-corrected chi connectivity index (χ3v) is 3.42. The smallest absolute Gasteiger partial charge is 0.257 e. The molecule has 3 nitrogen and oxygen atoms in total. The molecule has 0 atom stereocenters. The number of aromatic nitrogens is 1. The molecule has 0 aliphatic heterocycles. The van der Waals surface area contributed by atoms with E-state index in [0.717, 1.165) is 4.47 Å². The first kappa shape index (κ1) is 13.3. The second-order valence-electron chi connectivity index (χ2n) is 3.45. The van der Waals surface area contributed by atoms with E-state index in [1.165, 1.54) is 6.20 Å². The van der Waals surface area contributed by atoms with E-state index in [1.807, 2.05) is 0 Å². The number of amides is 1. The van der Waals surface area contributed by atoms with E-state index < -0.39 is 0 Å². The molecule has 2 aromatic rings. The van der Waals surface area contributed by atoms with Gasteiger partial charge in [0.2, 0.25) is 0 Å². The second kappa shape index (κ2) is 5.69. The minimum absolute atomic E-state index is 0.298. The van der Waals surface area contributed by atoms with Gasteiger partial charge in [0.05, 0.1) is 21.3 Å². The number of benzene rings is 1. The Morgan fingerprint density at radius 1 is 1.28 bits per heavy atom. The highest BCUT2D eigenvalue weighted by Gasteiger charge is 2.10. The SMILES string of the molecule is O=C(Nc1cccc(Cl)c1Cl)c1cncc(Br)c1. The molecule has 0 aliphatic carbocycles. The van der Waals surface area contributed by atoms with Crippen LogP contribution in [0.5, 0.6) is 0 Å². The van der Waals surface area contributed by atoms with Crippen LogP contribution in [0.4, 0.5) is 5.69 Å². The van der Waals surface area contributed by atoms with Crippen LogP contribution in [0.1, 0.15) is 10.4 Å². The fourth-order valence-corrected chi connectivity index (χ4v) is 2.04. The summed E-state index contributed by atoms with van der Waals surface area (Å²) >= 11 is 15.1. The Morgan fingerprint density at radius 2 is 2.06 bits per heavy atom. The summed E-state index contributed by atoms with van der Waals surface area (Å²) in [6.45, 7) is 0. The topological polar surface area (TPSA) is 42.0 Å². The number of hydrogen-bond acceptors (Lipinski definition) is 2. The van der Waals surface area contributed by atoms with Gasteiger partial charge in [-0.1, -0.05) is 29.3 Å². The largest absolute Gasteiger partial charge is 0.321 e. The van der Waals surface area contributed by atoms with Gasteiger partial charge < -0.3 is 5.32 Å². The maximum atomic E-state index is 12.0. The number of anilines is 1. The lowest BCUT2D eigenvalue weighted by Crippen LogP contribution is -2.12. The number of halogens is 3. The van der Waals surface area contributed by atoms with Crippen LogP contribution in [0.15, 0.2) is 41.1 Å². The van der Waals surface area contributed by atoms with Crippen LogP contribution in [-0.2, 0) is 0 Å². The maximum Gasteiger partial charge on any atom is 0.257 e. The second-order valence-corrected chi connectivity index (χ2v) is 5.15. The first-order chi connectivity index (χ1) is 8.58. The van der Waals surface area contributed by atoms with Crippen molar-refractivity contribution in [3.05, 3.63) is 56.7 Å². The average molecular weight is 346 g/mol. The number of carbonyl (C=O) groups is 1. The predicted molar refractivity (Wildman–Crippen MR) is 76.4 cm³/mol. The van der Waals surface area contributed by atoms with Crippen LogP contribution >= 0.6 is 39.1 Å². The highest BCUT2D eigenvalue weighted by molar-refractivity contribution is 9.10. The summed E-state index contributed by atoms with van der Waals surface area (Å²) in [7, 11) is 0. The summed E-state index contributed by atoms with van der Waals surface area (Å²) in [5.74, 6) is -0.298. The maximum absolute atomic E-state index is 12.0. The quantitative estimate of drug-likeness (QED) is 0.876. The zero-order valence-corrected chi connectivity index (χ0v) is 12.1. The molecule has 92 valence electrons. The van der Waals surface area contributed by atoms with Gasteiger partial charge >= 0.3 is 0 Å². The van der Waals surface area contributed by atoms with E-state index >= 15 is 0 Å². The van der Waals surface area contributed by atoms with Crippen molar-refractivity contribution in [3.8, 4) is 0 Å². The molecule has 0 saturated heterocycles. The highest BCUT2D eigenvalue weighted by Crippen LogP contribution is 2.29. The minimum Gasteiger partial charge on any atom is -0.321 e. The number of carbonyl (C=O) groups excluding carboxylic acids is 1. The molecule has 0 aliphatic rings. The fraction of sp³-hybridized carbons (Fsp3) is 0. The lowest BCUT2D eigenvalue weighted by Gasteiger charge is -2.08. The van der Waals surface area contributed by atoms with Crippen molar-refractivity contribution in [3.63, 3.8) is 0 Å². The van der Waals surface area contributed by atoms with Crippen molar-refractivity contribution in [2.45, 2.75) is 0 Å². The molecule has 0 bridgehead atoms. The van der Waals surface area contributed by atoms with E-state index in [-0.39, 0.29) is 5.91 Å². The van der Waals surface area contributed by atoms with Crippen molar-refractivity contribution in [1.29, 1.82) is 0 Å². The molecule has 0 radical (unpaired) electrons. The zero-order valence-electron chi connectivity index (χ0n) is 8.95. The number of nitrogens with one attached hydrogen (secondary N) is 1. The Bertz CT molecular complexity index is 604. The summed E-state index contributed by atoms with van der Waals surface area (Å²) in [6, 6.07) is 6.71. The zero-order chi connectivity index (χ0) is 13.1. The van der Waals surface area contributed by atoms with Gasteiger partial charge in [-0.15, -0.1) is 0 Å².